The first kappa shape index (κ1) is 26.5. The molecule has 1 aromatic carbocycles. The summed E-state index contributed by atoms with van der Waals surface area (Å²) < 4.78 is 5.27. The van der Waals surface area contributed by atoms with Gasteiger partial charge < -0.3 is 20.5 Å². The lowest BCUT2D eigenvalue weighted by molar-refractivity contribution is -0.131. The van der Waals surface area contributed by atoms with Crippen molar-refractivity contribution in [2.45, 2.75) is 50.2 Å². The first-order valence-corrected chi connectivity index (χ1v) is 13.0. The summed E-state index contributed by atoms with van der Waals surface area (Å²) in [6, 6.07) is 6.92. The number of fused-ring (bicyclic) bond motifs is 1. The molecule has 0 radical (unpaired) electrons. The molecule has 2 atom stereocenters. The Morgan fingerprint density at radius 1 is 1.26 bits per heavy atom. The van der Waals surface area contributed by atoms with Crippen LogP contribution in [0.4, 0.5) is 10.7 Å². The summed E-state index contributed by atoms with van der Waals surface area (Å²) in [6.45, 7) is 5.97. The second-order valence-electron chi connectivity index (χ2n) is 8.21. The van der Waals surface area contributed by atoms with Gasteiger partial charge in [-0.05, 0) is 62.8 Å². The molecule has 3 rings (SSSR count). The van der Waals surface area contributed by atoms with Gasteiger partial charge in [-0.15, -0.1) is 23.1 Å². The van der Waals surface area contributed by atoms with E-state index in [0.717, 1.165) is 46.8 Å². The van der Waals surface area contributed by atoms with E-state index in [1.165, 1.54) is 23.1 Å². The van der Waals surface area contributed by atoms with Gasteiger partial charge in [0.2, 0.25) is 11.8 Å². The molecule has 2 unspecified atom stereocenters. The van der Waals surface area contributed by atoms with E-state index in [9.17, 15) is 19.2 Å². The topological polar surface area (TPSA) is 122 Å². The van der Waals surface area contributed by atoms with E-state index < -0.39 is 23.1 Å². The van der Waals surface area contributed by atoms with Crippen molar-refractivity contribution >= 4 is 57.5 Å². The van der Waals surface area contributed by atoms with Gasteiger partial charge >= 0.3 is 11.9 Å². The van der Waals surface area contributed by atoms with Crippen LogP contribution in [-0.4, -0.2) is 40.7 Å². The van der Waals surface area contributed by atoms with Gasteiger partial charge in [0.15, 0.2) is 0 Å². The molecule has 2 amide bonds. The van der Waals surface area contributed by atoms with Crippen LogP contribution in [0.1, 0.15) is 48.0 Å². The van der Waals surface area contributed by atoms with Crippen LogP contribution in [0.5, 0.6) is 0 Å². The highest BCUT2D eigenvalue weighted by atomic mass is 32.2. The lowest BCUT2D eigenvalue weighted by atomic mass is 9.88. The number of benzene rings is 1. The minimum Gasteiger partial charge on any atom is -0.478 e. The maximum Gasteiger partial charge on any atom is 0.341 e. The van der Waals surface area contributed by atoms with Crippen LogP contribution in [0.25, 0.3) is 0 Å². The Hall–Kier alpha value is -3.11. The fourth-order valence-corrected chi connectivity index (χ4v) is 6.04. The molecule has 0 fully saturated rings. The Kier molecular flexibility index (Phi) is 9.11. The summed E-state index contributed by atoms with van der Waals surface area (Å²) in [7, 11) is 0. The van der Waals surface area contributed by atoms with Crippen molar-refractivity contribution in [3.05, 3.63) is 52.4 Å². The molecular formula is C25H28N2O6S2. The molecule has 0 saturated heterocycles. The summed E-state index contributed by atoms with van der Waals surface area (Å²) in [4.78, 5) is 50.0. The average Bonchev–Trinajstić information content (AvgIpc) is 3.14. The Bertz CT molecular complexity index is 1160. The fraction of sp³-hybridized carbons (Fsp3) is 0.360. The zero-order valence-corrected chi connectivity index (χ0v) is 21.4. The zero-order valence-electron chi connectivity index (χ0n) is 19.8. The lowest BCUT2D eigenvalue weighted by Crippen LogP contribution is -2.23. The molecule has 0 aliphatic heterocycles. The number of carbonyl (C=O) groups is 4. The number of nitrogens with one attached hydrogen (secondary N) is 2. The number of ether oxygens (including phenoxy) is 1. The zero-order chi connectivity index (χ0) is 25.5. The van der Waals surface area contributed by atoms with E-state index in [2.05, 4.69) is 17.6 Å². The van der Waals surface area contributed by atoms with Crippen LogP contribution in [0, 0.1) is 5.92 Å². The number of thiophene rings is 1. The molecule has 186 valence electrons. The van der Waals surface area contributed by atoms with Crippen molar-refractivity contribution in [1.82, 2.24) is 0 Å². The Labute approximate surface area is 212 Å². The second-order valence-corrected chi connectivity index (χ2v) is 10.7. The van der Waals surface area contributed by atoms with Crippen LogP contribution in [0.3, 0.4) is 0 Å². The number of rotatable bonds is 9. The van der Waals surface area contributed by atoms with E-state index >= 15 is 0 Å². The first-order valence-electron chi connectivity index (χ1n) is 11.3. The van der Waals surface area contributed by atoms with Gasteiger partial charge in [0.05, 0.1) is 17.4 Å². The van der Waals surface area contributed by atoms with Gasteiger partial charge in [-0.25, -0.2) is 9.59 Å². The molecule has 1 heterocycles. The number of hydrogen-bond donors (Lipinski definition) is 3. The van der Waals surface area contributed by atoms with E-state index in [1.807, 2.05) is 6.07 Å². The Morgan fingerprint density at radius 2 is 2.03 bits per heavy atom. The highest BCUT2D eigenvalue weighted by Gasteiger charge is 2.30. The molecule has 0 spiro atoms. The maximum atomic E-state index is 13.0. The molecule has 10 heteroatoms. The standard InChI is InChI=1S/C25H28N2O6S2/c1-4-33-25(32)22-18-9-8-14(2)12-19(18)35-24(22)27-23(31)15(3)34-17-7-5-6-16(13-17)26-20(28)10-11-21(29)30/h5-7,10-11,13-15H,4,8-9,12H2,1-3H3,(H,26,28)(H,27,31)(H,29,30)/b11-10+. The van der Waals surface area contributed by atoms with E-state index in [0.29, 0.717) is 22.2 Å². The molecule has 0 bridgehead atoms. The molecule has 35 heavy (non-hydrogen) atoms. The highest BCUT2D eigenvalue weighted by Crippen LogP contribution is 2.40. The highest BCUT2D eigenvalue weighted by molar-refractivity contribution is 8.00. The van der Waals surface area contributed by atoms with Crippen LogP contribution in [-0.2, 0) is 32.0 Å². The Morgan fingerprint density at radius 3 is 2.74 bits per heavy atom. The number of carboxylic acids is 1. The number of aliphatic carboxylic acids is 1. The van der Waals surface area contributed by atoms with Crippen molar-refractivity contribution in [2.24, 2.45) is 5.92 Å². The largest absolute Gasteiger partial charge is 0.478 e. The quantitative estimate of drug-likeness (QED) is 0.250. The minimum absolute atomic E-state index is 0.244. The average molecular weight is 517 g/mol. The van der Waals surface area contributed by atoms with Crippen molar-refractivity contribution in [1.29, 1.82) is 0 Å². The van der Waals surface area contributed by atoms with Crippen LogP contribution in [0.15, 0.2) is 41.3 Å². The number of carboxylic acid groups (broad SMARTS) is 1. The van der Waals surface area contributed by atoms with Crippen molar-refractivity contribution in [3.63, 3.8) is 0 Å². The first-order chi connectivity index (χ1) is 16.7. The number of esters is 1. The molecule has 1 aromatic heterocycles. The van der Waals surface area contributed by atoms with E-state index in [4.69, 9.17) is 9.84 Å². The van der Waals surface area contributed by atoms with Crippen molar-refractivity contribution in [2.75, 3.05) is 17.2 Å². The molecule has 3 N–H and O–H groups in total. The minimum atomic E-state index is -1.21. The fourth-order valence-electron chi connectivity index (χ4n) is 3.71. The van der Waals surface area contributed by atoms with Gasteiger partial charge in [0.25, 0.3) is 0 Å². The summed E-state index contributed by atoms with van der Waals surface area (Å²) in [6.07, 6.45) is 4.36. The number of anilines is 2. The summed E-state index contributed by atoms with van der Waals surface area (Å²) in [5.74, 6) is -1.90. The van der Waals surface area contributed by atoms with Crippen LogP contribution < -0.4 is 10.6 Å². The molecule has 1 aliphatic rings. The van der Waals surface area contributed by atoms with Gasteiger partial charge in [0.1, 0.15) is 5.00 Å². The molecule has 8 nitrogen and oxygen atoms in total. The van der Waals surface area contributed by atoms with Gasteiger partial charge in [-0.3, -0.25) is 9.59 Å². The molecule has 1 aliphatic carbocycles. The lowest BCUT2D eigenvalue weighted by Gasteiger charge is -2.18. The molecule has 2 aromatic rings. The predicted octanol–water partition coefficient (Wildman–Crippen LogP) is 4.75. The van der Waals surface area contributed by atoms with Crippen LogP contribution >= 0.6 is 23.1 Å². The Balaban J connectivity index is 1.71. The van der Waals surface area contributed by atoms with E-state index in [1.54, 1.807) is 32.0 Å². The van der Waals surface area contributed by atoms with E-state index in [-0.39, 0.29) is 12.5 Å². The SMILES string of the molecule is CCOC(=O)c1c(NC(=O)C(C)Sc2cccc(NC(=O)/C=C/C(=O)O)c2)sc2c1CCC(C)C2. The van der Waals surface area contributed by atoms with Crippen LogP contribution in [0.2, 0.25) is 0 Å². The molecular weight excluding hydrogens is 488 g/mol. The third-order valence-corrected chi connectivity index (χ3v) is 7.65. The monoisotopic (exact) mass is 516 g/mol. The number of thioether (sulfide) groups is 1. The van der Waals surface area contributed by atoms with Gasteiger partial charge in [0, 0.05) is 27.6 Å². The summed E-state index contributed by atoms with van der Waals surface area (Å²) in [5.41, 5.74) is 1.94. The second kappa shape index (κ2) is 12.0. The van der Waals surface area contributed by atoms with Crippen molar-refractivity contribution in [3.8, 4) is 0 Å². The van der Waals surface area contributed by atoms with Gasteiger partial charge in [-0.2, -0.15) is 0 Å². The van der Waals surface area contributed by atoms with Crippen molar-refractivity contribution < 1.29 is 29.0 Å². The predicted molar refractivity (Wildman–Crippen MR) is 137 cm³/mol. The normalized spacial score (nSPS) is 15.8. The molecule has 0 saturated carbocycles. The number of hydrogen-bond acceptors (Lipinski definition) is 7. The smallest absolute Gasteiger partial charge is 0.341 e. The number of carbonyl (C=O) groups excluding carboxylic acids is 3. The third kappa shape index (κ3) is 7.19. The maximum absolute atomic E-state index is 13.0. The summed E-state index contributed by atoms with van der Waals surface area (Å²) in [5, 5.41) is 14.2. The summed E-state index contributed by atoms with van der Waals surface area (Å²) >= 11 is 2.75. The number of amides is 2. The van der Waals surface area contributed by atoms with Gasteiger partial charge in [-0.1, -0.05) is 13.0 Å². The third-order valence-electron chi connectivity index (χ3n) is 5.39.